The van der Waals surface area contributed by atoms with E-state index in [1.807, 2.05) is 41.8 Å². The molecule has 7 nitrogen and oxygen atoms in total. The Kier molecular flexibility index (Phi) is 11.4. The number of carbonyl (C=O) groups excluding carboxylic acids is 2. The molecular weight excluding hydrogens is 513 g/mol. The fourth-order valence-corrected chi connectivity index (χ4v) is 3.13. The Hall–Kier alpha value is -2.14. The normalized spacial score (nSPS) is 10.7. The minimum atomic E-state index is -0.0582. The average molecular weight is 543 g/mol. The summed E-state index contributed by atoms with van der Waals surface area (Å²) in [5, 5.41) is 8.57. The summed E-state index contributed by atoms with van der Waals surface area (Å²) < 4.78 is 0. The van der Waals surface area contributed by atoms with Crippen LogP contribution in [0.3, 0.4) is 0 Å². The summed E-state index contributed by atoms with van der Waals surface area (Å²) in [7, 11) is 6.92. The number of benzene rings is 1. The van der Waals surface area contributed by atoms with Gasteiger partial charge < -0.3 is 20.4 Å². The Labute approximate surface area is 199 Å². The van der Waals surface area contributed by atoms with Gasteiger partial charge in [0, 0.05) is 45.2 Å². The second-order valence-electron chi connectivity index (χ2n) is 6.96. The molecule has 0 saturated carbocycles. The molecule has 1 aromatic carbocycles. The molecule has 2 amide bonds. The molecular formula is C21H30IN5O2S. The Balaban J connectivity index is 0.00000450. The first kappa shape index (κ1) is 25.9. The summed E-state index contributed by atoms with van der Waals surface area (Å²) >= 11 is 1.67. The molecule has 0 aliphatic carbocycles. The molecule has 0 unspecified atom stereocenters. The summed E-state index contributed by atoms with van der Waals surface area (Å²) in [6.45, 7) is 1.36. The summed E-state index contributed by atoms with van der Waals surface area (Å²) in [5.41, 5.74) is 1.74. The second-order valence-corrected chi connectivity index (χ2v) is 7.99. The molecule has 0 saturated heterocycles. The summed E-state index contributed by atoms with van der Waals surface area (Å²) in [6.07, 6.45) is 0.732. The van der Waals surface area contributed by atoms with Gasteiger partial charge in [-0.15, -0.1) is 35.3 Å². The minimum absolute atomic E-state index is 0. The topological polar surface area (TPSA) is 77.0 Å². The van der Waals surface area contributed by atoms with Crippen molar-refractivity contribution in [2.45, 2.75) is 13.0 Å². The number of thiophene rings is 1. The van der Waals surface area contributed by atoms with Crippen molar-refractivity contribution in [3.05, 3.63) is 57.8 Å². The highest BCUT2D eigenvalue weighted by Crippen LogP contribution is 2.08. The summed E-state index contributed by atoms with van der Waals surface area (Å²) in [6, 6.07) is 11.7. The van der Waals surface area contributed by atoms with Crippen molar-refractivity contribution in [3.8, 4) is 0 Å². The number of carbonyl (C=O) groups is 2. The van der Waals surface area contributed by atoms with Crippen LogP contribution < -0.4 is 10.6 Å². The van der Waals surface area contributed by atoms with E-state index >= 15 is 0 Å². The maximum Gasteiger partial charge on any atom is 0.253 e. The molecule has 0 spiro atoms. The number of amides is 2. The highest BCUT2D eigenvalue weighted by Gasteiger charge is 2.09. The van der Waals surface area contributed by atoms with E-state index in [1.54, 1.807) is 44.4 Å². The zero-order valence-electron chi connectivity index (χ0n) is 17.8. The van der Waals surface area contributed by atoms with Gasteiger partial charge >= 0.3 is 0 Å². The smallest absolute Gasteiger partial charge is 0.253 e. The van der Waals surface area contributed by atoms with Crippen LogP contribution in [0, 0.1) is 0 Å². The van der Waals surface area contributed by atoms with Crippen LogP contribution in [-0.4, -0.2) is 68.9 Å². The van der Waals surface area contributed by atoms with Crippen LogP contribution in [0.1, 0.15) is 20.8 Å². The van der Waals surface area contributed by atoms with Crippen molar-refractivity contribution >= 4 is 53.1 Å². The summed E-state index contributed by atoms with van der Waals surface area (Å²) in [4.78, 5) is 32.7. The van der Waals surface area contributed by atoms with Gasteiger partial charge in [-0.25, -0.2) is 4.99 Å². The van der Waals surface area contributed by atoms with Crippen molar-refractivity contribution in [2.24, 2.45) is 4.99 Å². The van der Waals surface area contributed by atoms with E-state index in [-0.39, 0.29) is 42.3 Å². The Morgan fingerprint density at radius 1 is 1.03 bits per heavy atom. The maximum atomic E-state index is 12.1. The molecule has 1 aromatic heterocycles. The maximum absolute atomic E-state index is 12.1. The number of guanidine groups is 1. The van der Waals surface area contributed by atoms with Crippen LogP contribution >= 0.6 is 35.3 Å². The van der Waals surface area contributed by atoms with E-state index < -0.39 is 0 Å². The molecule has 0 atom stereocenters. The number of hydrogen-bond donors (Lipinski definition) is 2. The fraction of sp³-hybridized carbons (Fsp3) is 0.381. The lowest BCUT2D eigenvalue weighted by molar-refractivity contribution is -0.127. The van der Waals surface area contributed by atoms with E-state index in [9.17, 15) is 9.59 Å². The van der Waals surface area contributed by atoms with Gasteiger partial charge in [-0.3, -0.25) is 9.59 Å². The number of hydrogen-bond acceptors (Lipinski definition) is 4. The Morgan fingerprint density at radius 2 is 1.80 bits per heavy atom. The van der Waals surface area contributed by atoms with Crippen LogP contribution in [0.25, 0.3) is 0 Å². The molecule has 1 heterocycles. The van der Waals surface area contributed by atoms with E-state index in [0.717, 1.165) is 12.0 Å². The third-order valence-corrected chi connectivity index (χ3v) is 5.04. The lowest BCUT2D eigenvalue weighted by Crippen LogP contribution is -2.39. The number of halogens is 1. The number of nitrogens with one attached hydrogen (secondary N) is 2. The van der Waals surface area contributed by atoms with E-state index in [4.69, 9.17) is 0 Å². The van der Waals surface area contributed by atoms with Crippen molar-refractivity contribution in [1.82, 2.24) is 20.4 Å². The molecule has 30 heavy (non-hydrogen) atoms. The third-order valence-electron chi connectivity index (χ3n) is 4.17. The van der Waals surface area contributed by atoms with Crippen LogP contribution in [0.5, 0.6) is 0 Å². The molecule has 9 heteroatoms. The van der Waals surface area contributed by atoms with Gasteiger partial charge in [0.1, 0.15) is 6.54 Å². The van der Waals surface area contributed by atoms with E-state index in [1.165, 1.54) is 9.78 Å². The fourth-order valence-electron chi connectivity index (χ4n) is 2.49. The largest absolute Gasteiger partial charge is 0.356 e. The van der Waals surface area contributed by atoms with Gasteiger partial charge in [-0.05, 0) is 35.6 Å². The predicted octanol–water partition coefficient (Wildman–Crippen LogP) is 2.43. The van der Waals surface area contributed by atoms with Gasteiger partial charge in [0.15, 0.2) is 5.96 Å². The number of nitrogens with zero attached hydrogens (tertiary/aromatic N) is 3. The predicted molar refractivity (Wildman–Crippen MR) is 134 cm³/mol. The van der Waals surface area contributed by atoms with Crippen molar-refractivity contribution in [2.75, 3.05) is 41.3 Å². The number of aliphatic imine (C=N–C) groups is 1. The third kappa shape index (κ3) is 8.70. The van der Waals surface area contributed by atoms with Crippen molar-refractivity contribution in [1.29, 1.82) is 0 Å². The molecule has 2 N–H and O–H groups in total. The van der Waals surface area contributed by atoms with Crippen LogP contribution in [0.2, 0.25) is 0 Å². The zero-order chi connectivity index (χ0) is 21.2. The average Bonchev–Trinajstić information content (AvgIpc) is 3.22. The van der Waals surface area contributed by atoms with E-state index in [2.05, 4.69) is 15.6 Å². The zero-order valence-corrected chi connectivity index (χ0v) is 21.0. The summed E-state index contributed by atoms with van der Waals surface area (Å²) in [5.74, 6) is 0.521. The molecule has 2 rings (SSSR count). The van der Waals surface area contributed by atoms with Crippen LogP contribution in [-0.2, 0) is 17.8 Å². The van der Waals surface area contributed by atoms with Gasteiger partial charge in [0.2, 0.25) is 5.91 Å². The number of likely N-dealkylation sites (N-methyl/N-ethyl adjacent to an activating group) is 1. The lowest BCUT2D eigenvalue weighted by atomic mass is 10.1. The van der Waals surface area contributed by atoms with Crippen LogP contribution in [0.4, 0.5) is 0 Å². The molecule has 0 aliphatic rings. The first-order valence-electron chi connectivity index (χ1n) is 9.42. The molecule has 164 valence electrons. The van der Waals surface area contributed by atoms with Gasteiger partial charge in [0.05, 0.1) is 6.54 Å². The first-order valence-corrected chi connectivity index (χ1v) is 10.3. The lowest BCUT2D eigenvalue weighted by Gasteiger charge is -2.14. The molecule has 0 aliphatic heterocycles. The molecule has 0 fully saturated rings. The highest BCUT2D eigenvalue weighted by molar-refractivity contribution is 14.0. The Bertz CT molecular complexity index is 838. The highest BCUT2D eigenvalue weighted by atomic mass is 127. The molecule has 0 bridgehead atoms. The number of rotatable bonds is 8. The van der Waals surface area contributed by atoms with Gasteiger partial charge in [0.25, 0.3) is 5.91 Å². The van der Waals surface area contributed by atoms with Crippen LogP contribution in [0.15, 0.2) is 46.8 Å². The van der Waals surface area contributed by atoms with Gasteiger partial charge in [-0.1, -0.05) is 18.2 Å². The standard InChI is InChI=1S/C21H29N5O2S.HI/c1-25(2)19(27)15-24-21(23-14-18-9-6-12-29-18)22-11-10-16-7-5-8-17(13-16)20(28)26(3)4;/h5-9,12-13H,10-11,14-15H2,1-4H3,(H2,22,23,24);1H. The first-order chi connectivity index (χ1) is 13.9. The van der Waals surface area contributed by atoms with E-state index in [0.29, 0.717) is 24.6 Å². The second kappa shape index (κ2) is 13.2. The SMILES string of the molecule is CN(C)C(=O)CN=C(NCCc1cccc(C(=O)N(C)C)c1)NCc1cccs1.I. The Morgan fingerprint density at radius 3 is 2.43 bits per heavy atom. The van der Waals surface area contributed by atoms with Gasteiger partial charge in [-0.2, -0.15) is 0 Å². The molecule has 0 radical (unpaired) electrons. The quantitative estimate of drug-likeness (QED) is 0.305. The minimum Gasteiger partial charge on any atom is -0.356 e. The molecule has 2 aromatic rings. The van der Waals surface area contributed by atoms with Crippen molar-refractivity contribution in [3.63, 3.8) is 0 Å². The monoisotopic (exact) mass is 543 g/mol. The van der Waals surface area contributed by atoms with Crippen molar-refractivity contribution < 1.29 is 9.59 Å².